The van der Waals surface area contributed by atoms with Gasteiger partial charge in [0.2, 0.25) is 11.8 Å². The van der Waals surface area contributed by atoms with E-state index in [4.69, 9.17) is 4.74 Å². The summed E-state index contributed by atoms with van der Waals surface area (Å²) < 4.78 is 18.3. The number of carbonyl (C=O) groups is 1. The van der Waals surface area contributed by atoms with E-state index in [1.807, 2.05) is 37.3 Å². The summed E-state index contributed by atoms with van der Waals surface area (Å²) in [5.41, 5.74) is 3.71. The molecule has 2 aromatic carbocycles. The van der Waals surface area contributed by atoms with Crippen molar-refractivity contribution in [2.24, 2.45) is 0 Å². The Kier molecular flexibility index (Phi) is 6.10. The third-order valence-electron chi connectivity index (χ3n) is 3.94. The lowest BCUT2D eigenvalue weighted by atomic mass is 10.1. The molecule has 1 N–H and O–H groups in total. The van der Waals surface area contributed by atoms with Crippen LogP contribution in [0.1, 0.15) is 11.1 Å². The topological polar surface area (TPSA) is 64.1 Å². The number of nitrogens with one attached hydrogen (secondary N) is 1. The van der Waals surface area contributed by atoms with Crippen LogP contribution in [0.5, 0.6) is 5.88 Å². The summed E-state index contributed by atoms with van der Waals surface area (Å²) >= 11 is 0. The van der Waals surface area contributed by atoms with Crippen LogP contribution in [0.15, 0.2) is 60.7 Å². The molecule has 0 radical (unpaired) electrons. The molecule has 0 saturated heterocycles. The maximum Gasteiger partial charge on any atom is 0.233 e. The number of aromatic nitrogens is 2. The maximum atomic E-state index is 12.8. The minimum atomic E-state index is -0.318. The smallest absolute Gasteiger partial charge is 0.233 e. The second-order valence-electron chi connectivity index (χ2n) is 6.12. The second-order valence-corrected chi connectivity index (χ2v) is 6.12. The molecule has 6 heteroatoms. The maximum absolute atomic E-state index is 12.8. The van der Waals surface area contributed by atoms with Crippen molar-refractivity contribution in [3.05, 3.63) is 77.6 Å². The molecule has 0 aliphatic rings. The summed E-state index contributed by atoms with van der Waals surface area (Å²) in [6.45, 7) is 2.67. The van der Waals surface area contributed by atoms with Crippen LogP contribution >= 0.6 is 0 Å². The van der Waals surface area contributed by atoms with E-state index in [1.165, 1.54) is 17.7 Å². The van der Waals surface area contributed by atoms with Crippen LogP contribution in [0.25, 0.3) is 11.3 Å². The monoisotopic (exact) mass is 365 g/mol. The largest absolute Gasteiger partial charge is 0.475 e. The molecule has 0 fully saturated rings. The Morgan fingerprint density at radius 1 is 1.00 bits per heavy atom. The van der Waals surface area contributed by atoms with Gasteiger partial charge in [0.1, 0.15) is 12.4 Å². The standard InChI is InChI=1S/C21H20FN3O2/c1-15-2-6-17(7-3-15)19-10-11-21(25-24-19)27-13-12-23-20(26)14-16-4-8-18(22)9-5-16/h2-11H,12-14H2,1H3,(H,23,26). The number of hydrogen-bond acceptors (Lipinski definition) is 4. The first-order chi connectivity index (χ1) is 13.1. The number of halogens is 1. The molecule has 0 spiro atoms. The van der Waals surface area contributed by atoms with Crippen LogP contribution in [-0.2, 0) is 11.2 Å². The van der Waals surface area contributed by atoms with Crippen LogP contribution in [0, 0.1) is 12.7 Å². The quantitative estimate of drug-likeness (QED) is 0.653. The van der Waals surface area contributed by atoms with E-state index >= 15 is 0 Å². The van der Waals surface area contributed by atoms with Gasteiger partial charge >= 0.3 is 0 Å². The molecular weight excluding hydrogens is 345 g/mol. The third kappa shape index (κ3) is 5.60. The van der Waals surface area contributed by atoms with E-state index in [2.05, 4.69) is 15.5 Å². The Hall–Kier alpha value is -3.28. The molecule has 1 amide bonds. The summed E-state index contributed by atoms with van der Waals surface area (Å²) in [6.07, 6.45) is 0.200. The molecule has 5 nitrogen and oxygen atoms in total. The van der Waals surface area contributed by atoms with Crippen LogP contribution in [-0.4, -0.2) is 29.3 Å². The highest BCUT2D eigenvalue weighted by Crippen LogP contribution is 2.18. The fraction of sp³-hybridized carbons (Fsp3) is 0.190. The molecule has 0 bridgehead atoms. The lowest BCUT2D eigenvalue weighted by Gasteiger charge is -2.07. The molecule has 0 unspecified atom stereocenters. The van der Waals surface area contributed by atoms with Crippen LogP contribution in [0.2, 0.25) is 0 Å². The van der Waals surface area contributed by atoms with E-state index in [-0.39, 0.29) is 24.8 Å². The van der Waals surface area contributed by atoms with Gasteiger partial charge in [0.05, 0.1) is 18.7 Å². The number of carbonyl (C=O) groups excluding carboxylic acids is 1. The van der Waals surface area contributed by atoms with Gasteiger partial charge in [0.25, 0.3) is 0 Å². The predicted molar refractivity (Wildman–Crippen MR) is 101 cm³/mol. The average molecular weight is 365 g/mol. The number of rotatable bonds is 7. The van der Waals surface area contributed by atoms with Gasteiger partial charge in [-0.3, -0.25) is 4.79 Å². The molecule has 0 aliphatic heterocycles. The zero-order valence-electron chi connectivity index (χ0n) is 15.0. The minimum Gasteiger partial charge on any atom is -0.475 e. The van der Waals surface area contributed by atoms with Crippen molar-refractivity contribution < 1.29 is 13.9 Å². The zero-order chi connectivity index (χ0) is 19.1. The number of amides is 1. The van der Waals surface area contributed by atoms with Gasteiger partial charge in [0, 0.05) is 11.6 Å². The predicted octanol–water partition coefficient (Wildman–Crippen LogP) is 3.33. The molecule has 138 valence electrons. The third-order valence-corrected chi connectivity index (χ3v) is 3.94. The second kappa shape index (κ2) is 8.89. The Balaban J connectivity index is 1.41. The van der Waals surface area contributed by atoms with Crippen LogP contribution in [0.4, 0.5) is 4.39 Å². The molecule has 1 aromatic heterocycles. The molecular formula is C21H20FN3O2. The highest BCUT2D eigenvalue weighted by Gasteiger charge is 2.05. The summed E-state index contributed by atoms with van der Waals surface area (Å²) in [4.78, 5) is 11.8. The van der Waals surface area contributed by atoms with Gasteiger partial charge in [-0.1, -0.05) is 42.0 Å². The van der Waals surface area contributed by atoms with Gasteiger partial charge in [-0.25, -0.2) is 4.39 Å². The summed E-state index contributed by atoms with van der Waals surface area (Å²) in [5.74, 6) is -0.0632. The number of hydrogen-bond donors (Lipinski definition) is 1. The SMILES string of the molecule is Cc1ccc(-c2ccc(OCCNC(=O)Cc3ccc(F)cc3)nn2)cc1. The molecule has 0 aliphatic carbocycles. The van der Waals surface area contributed by atoms with Gasteiger partial charge in [-0.05, 0) is 30.7 Å². The first-order valence-corrected chi connectivity index (χ1v) is 8.65. The highest BCUT2D eigenvalue weighted by atomic mass is 19.1. The first-order valence-electron chi connectivity index (χ1n) is 8.65. The van der Waals surface area contributed by atoms with E-state index in [9.17, 15) is 9.18 Å². The van der Waals surface area contributed by atoms with Crippen molar-refractivity contribution in [2.45, 2.75) is 13.3 Å². The van der Waals surface area contributed by atoms with Gasteiger partial charge in [0.15, 0.2) is 0 Å². The molecule has 3 aromatic rings. The van der Waals surface area contributed by atoms with E-state index < -0.39 is 0 Å². The zero-order valence-corrected chi connectivity index (χ0v) is 15.0. The minimum absolute atomic E-state index is 0.147. The molecule has 27 heavy (non-hydrogen) atoms. The molecule has 0 atom stereocenters. The number of benzene rings is 2. The Bertz CT molecular complexity index is 879. The van der Waals surface area contributed by atoms with E-state index in [1.54, 1.807) is 18.2 Å². The van der Waals surface area contributed by atoms with E-state index in [0.717, 1.165) is 16.8 Å². The highest BCUT2D eigenvalue weighted by molar-refractivity contribution is 5.78. The first kappa shape index (κ1) is 18.5. The molecule has 1 heterocycles. The Morgan fingerprint density at radius 3 is 2.41 bits per heavy atom. The van der Waals surface area contributed by atoms with Crippen LogP contribution < -0.4 is 10.1 Å². The number of aryl methyl sites for hydroxylation is 1. The van der Waals surface area contributed by atoms with Crippen molar-refractivity contribution in [1.29, 1.82) is 0 Å². The van der Waals surface area contributed by atoms with E-state index in [0.29, 0.717) is 12.4 Å². The van der Waals surface area contributed by atoms with Crippen molar-refractivity contribution in [3.8, 4) is 17.1 Å². The molecule has 0 saturated carbocycles. The van der Waals surface area contributed by atoms with Crippen molar-refractivity contribution in [3.63, 3.8) is 0 Å². The lowest BCUT2D eigenvalue weighted by Crippen LogP contribution is -2.29. The van der Waals surface area contributed by atoms with Crippen molar-refractivity contribution in [1.82, 2.24) is 15.5 Å². The number of nitrogens with zero attached hydrogens (tertiary/aromatic N) is 2. The Labute approximate surface area is 157 Å². The van der Waals surface area contributed by atoms with Gasteiger partial charge in [-0.2, -0.15) is 0 Å². The van der Waals surface area contributed by atoms with Gasteiger partial charge in [-0.15, -0.1) is 10.2 Å². The fourth-order valence-electron chi connectivity index (χ4n) is 2.47. The van der Waals surface area contributed by atoms with Crippen molar-refractivity contribution in [2.75, 3.05) is 13.2 Å². The Morgan fingerprint density at radius 2 is 1.74 bits per heavy atom. The number of ether oxygens (including phenoxy) is 1. The van der Waals surface area contributed by atoms with Gasteiger partial charge < -0.3 is 10.1 Å². The van der Waals surface area contributed by atoms with Crippen LogP contribution in [0.3, 0.4) is 0 Å². The normalized spacial score (nSPS) is 10.4. The molecule has 3 rings (SSSR count). The van der Waals surface area contributed by atoms with Crippen molar-refractivity contribution >= 4 is 5.91 Å². The summed E-state index contributed by atoms with van der Waals surface area (Å²) in [6, 6.07) is 17.5. The lowest BCUT2D eigenvalue weighted by molar-refractivity contribution is -0.120. The summed E-state index contributed by atoms with van der Waals surface area (Å²) in [5, 5.41) is 11.0. The summed E-state index contributed by atoms with van der Waals surface area (Å²) in [7, 11) is 0. The fourth-order valence-corrected chi connectivity index (χ4v) is 2.47. The average Bonchev–Trinajstić information content (AvgIpc) is 2.68.